The molecule has 0 bridgehead atoms. The number of aliphatic hydroxyl groups excluding tert-OH is 1. The lowest BCUT2D eigenvalue weighted by Gasteiger charge is -2.27. The van der Waals surface area contributed by atoms with Gasteiger partial charge in [0.1, 0.15) is 6.34 Å². The Morgan fingerprint density at radius 1 is 1.32 bits per heavy atom. The van der Waals surface area contributed by atoms with Crippen LogP contribution in [0.2, 0.25) is 0 Å². The largest absolute Gasteiger partial charge is 0.391 e. The van der Waals surface area contributed by atoms with E-state index >= 15 is 0 Å². The summed E-state index contributed by atoms with van der Waals surface area (Å²) in [5.41, 5.74) is 0.513. The minimum atomic E-state index is -0.389. The quantitative estimate of drug-likeness (QED) is 0.626. The van der Waals surface area contributed by atoms with Gasteiger partial charge in [-0.05, 0) is 31.1 Å². The number of nitrogens with zero attached hydrogens (tertiary/aromatic N) is 3. The van der Waals surface area contributed by atoms with Crippen LogP contribution in [0.4, 0.5) is 5.13 Å². The van der Waals surface area contributed by atoms with Crippen molar-refractivity contribution in [2.75, 3.05) is 5.32 Å². The van der Waals surface area contributed by atoms with Gasteiger partial charge in [-0.15, -0.1) is 0 Å². The molecule has 1 aliphatic heterocycles. The number of hydrogen-bond donors (Lipinski definition) is 2. The smallest absolute Gasteiger partial charge is 0.184 e. The molecule has 0 radical (unpaired) electrons. The molecule has 0 saturated heterocycles. The Morgan fingerprint density at radius 2 is 2.20 bits per heavy atom. The highest BCUT2D eigenvalue weighted by Gasteiger charge is 2.23. The van der Waals surface area contributed by atoms with E-state index in [9.17, 15) is 5.11 Å². The van der Waals surface area contributed by atoms with E-state index in [1.54, 1.807) is 30.0 Å². The second kappa shape index (κ2) is 7.19. The maximum absolute atomic E-state index is 10.1. The predicted octanol–water partition coefficient (Wildman–Crippen LogP) is 3.73. The van der Waals surface area contributed by atoms with Gasteiger partial charge in [0.05, 0.1) is 22.4 Å². The molecule has 6 nitrogen and oxygen atoms in total. The molecule has 2 heterocycles. The summed E-state index contributed by atoms with van der Waals surface area (Å²) in [5, 5.41) is 15.8. The van der Waals surface area contributed by atoms with E-state index in [2.05, 4.69) is 15.3 Å². The van der Waals surface area contributed by atoms with Crippen molar-refractivity contribution in [2.24, 2.45) is 4.99 Å². The molecule has 8 heteroatoms. The fraction of sp³-hybridized carbons (Fsp3) is 0.412. The van der Waals surface area contributed by atoms with Gasteiger partial charge in [0.25, 0.3) is 0 Å². The van der Waals surface area contributed by atoms with Gasteiger partial charge in [-0.2, -0.15) is 5.06 Å². The molecule has 1 saturated carbocycles. The van der Waals surface area contributed by atoms with Crippen molar-refractivity contribution >= 4 is 44.6 Å². The Balaban J connectivity index is 1.49. The Morgan fingerprint density at radius 3 is 3.04 bits per heavy atom. The third kappa shape index (κ3) is 3.73. The number of nitrogens with one attached hydrogen (secondary N) is 1. The van der Waals surface area contributed by atoms with E-state index in [-0.39, 0.29) is 17.6 Å². The summed E-state index contributed by atoms with van der Waals surface area (Å²) < 4.78 is 1.01. The van der Waals surface area contributed by atoms with Crippen molar-refractivity contribution in [3.63, 3.8) is 0 Å². The number of aliphatic imine (C=N–C) groups is 1. The number of alkyl halides is 1. The molecule has 1 aromatic heterocycles. The van der Waals surface area contributed by atoms with Crippen LogP contribution in [0.5, 0.6) is 5.75 Å². The SMILES string of the molecule is O[C@@H]1CCCC[C@H]1Nc1nc2ccc(ON3C=NC=CC3Cl)cc2s1. The van der Waals surface area contributed by atoms with Crippen LogP contribution in [0.25, 0.3) is 10.2 Å². The van der Waals surface area contributed by atoms with Crippen LogP contribution in [0.15, 0.2) is 35.5 Å². The first-order valence-corrected chi connectivity index (χ1v) is 9.60. The summed E-state index contributed by atoms with van der Waals surface area (Å²) in [6.45, 7) is 0. The molecular weight excluding hydrogens is 360 g/mol. The molecule has 3 atom stereocenters. The number of thiazole rings is 1. The van der Waals surface area contributed by atoms with Crippen molar-refractivity contribution in [3.05, 3.63) is 30.5 Å². The number of aliphatic hydroxyl groups is 1. The molecule has 1 aromatic carbocycles. The number of anilines is 1. The fourth-order valence-corrected chi connectivity index (χ4v) is 4.14. The van der Waals surface area contributed by atoms with Gasteiger partial charge < -0.3 is 15.3 Å². The van der Waals surface area contributed by atoms with Gasteiger partial charge in [0, 0.05) is 12.3 Å². The third-order valence-corrected chi connectivity index (χ3v) is 5.65. The van der Waals surface area contributed by atoms with Crippen LogP contribution in [0.3, 0.4) is 0 Å². The molecule has 2 aromatic rings. The molecule has 1 fully saturated rings. The summed E-state index contributed by atoms with van der Waals surface area (Å²) in [6.07, 6.45) is 8.69. The van der Waals surface area contributed by atoms with Crippen molar-refractivity contribution in [2.45, 2.75) is 43.3 Å². The normalized spacial score (nSPS) is 26.2. The number of fused-ring (bicyclic) bond motifs is 1. The van der Waals surface area contributed by atoms with Crippen molar-refractivity contribution < 1.29 is 9.94 Å². The lowest BCUT2D eigenvalue weighted by molar-refractivity contribution is 0.0232. The summed E-state index contributed by atoms with van der Waals surface area (Å²) in [5.74, 6) is 0.674. The number of hydrogen-bond acceptors (Lipinski definition) is 7. The molecule has 0 amide bonds. The number of halogens is 1. The zero-order valence-corrected chi connectivity index (χ0v) is 15.1. The number of rotatable bonds is 4. The van der Waals surface area contributed by atoms with Gasteiger partial charge in [0.2, 0.25) is 0 Å². The van der Waals surface area contributed by atoms with E-state index in [0.29, 0.717) is 5.75 Å². The third-order valence-electron chi connectivity index (χ3n) is 4.36. The fourth-order valence-electron chi connectivity index (χ4n) is 3.03. The molecule has 25 heavy (non-hydrogen) atoms. The zero-order valence-electron chi connectivity index (χ0n) is 13.5. The first kappa shape index (κ1) is 16.6. The van der Waals surface area contributed by atoms with E-state index in [1.165, 1.54) is 5.06 Å². The maximum Gasteiger partial charge on any atom is 0.184 e. The Labute approximate surface area is 154 Å². The molecular formula is C17H19ClN4O2S. The van der Waals surface area contributed by atoms with Crippen LogP contribution in [0.1, 0.15) is 25.7 Å². The van der Waals surface area contributed by atoms with Crippen molar-refractivity contribution in [1.29, 1.82) is 0 Å². The van der Waals surface area contributed by atoms with E-state index in [4.69, 9.17) is 16.4 Å². The highest BCUT2D eigenvalue weighted by molar-refractivity contribution is 7.22. The van der Waals surface area contributed by atoms with Crippen LogP contribution in [0, 0.1) is 0 Å². The Hall–Kier alpha value is -1.83. The van der Waals surface area contributed by atoms with Gasteiger partial charge in [-0.1, -0.05) is 35.8 Å². The first-order valence-electron chi connectivity index (χ1n) is 8.34. The minimum absolute atomic E-state index is 0.0818. The summed E-state index contributed by atoms with van der Waals surface area (Å²) in [6, 6.07) is 5.80. The molecule has 1 unspecified atom stereocenters. The van der Waals surface area contributed by atoms with Crippen LogP contribution >= 0.6 is 22.9 Å². The summed E-state index contributed by atoms with van der Waals surface area (Å²) in [7, 11) is 0. The highest BCUT2D eigenvalue weighted by Crippen LogP contribution is 2.32. The molecule has 2 aliphatic rings. The predicted molar refractivity (Wildman–Crippen MR) is 101 cm³/mol. The standard InChI is InChI=1S/C17H19ClN4O2S/c18-16-7-8-19-10-22(16)24-11-5-6-13-15(9-11)25-17(21-13)20-12-3-1-2-4-14(12)23/h5-10,12,14,16,23H,1-4H2,(H,20,21)/t12-,14-,16?/m1/s1. The molecule has 2 N–H and O–H groups in total. The molecule has 1 aliphatic carbocycles. The van der Waals surface area contributed by atoms with Gasteiger partial charge in [0.15, 0.2) is 16.4 Å². The van der Waals surface area contributed by atoms with Gasteiger partial charge in [-0.3, -0.25) is 0 Å². The van der Waals surface area contributed by atoms with Crippen LogP contribution in [-0.4, -0.2) is 39.1 Å². The van der Waals surface area contributed by atoms with Gasteiger partial charge >= 0.3 is 0 Å². The lowest BCUT2D eigenvalue weighted by atomic mass is 9.93. The Kier molecular flexibility index (Phi) is 4.78. The minimum Gasteiger partial charge on any atom is -0.391 e. The topological polar surface area (TPSA) is 70.0 Å². The van der Waals surface area contributed by atoms with E-state index < -0.39 is 0 Å². The summed E-state index contributed by atoms with van der Waals surface area (Å²) in [4.78, 5) is 14.4. The molecule has 0 spiro atoms. The highest BCUT2D eigenvalue weighted by atomic mass is 35.5. The second-order valence-electron chi connectivity index (χ2n) is 6.18. The van der Waals surface area contributed by atoms with E-state index in [0.717, 1.165) is 41.0 Å². The number of hydroxylamine groups is 2. The zero-order chi connectivity index (χ0) is 17.2. The van der Waals surface area contributed by atoms with Crippen LogP contribution < -0.4 is 10.2 Å². The van der Waals surface area contributed by atoms with Gasteiger partial charge in [-0.25, -0.2) is 9.98 Å². The first-order chi connectivity index (χ1) is 12.2. The maximum atomic E-state index is 10.1. The second-order valence-corrected chi connectivity index (χ2v) is 7.66. The monoisotopic (exact) mass is 378 g/mol. The average molecular weight is 379 g/mol. The van der Waals surface area contributed by atoms with Crippen molar-refractivity contribution in [3.8, 4) is 5.75 Å². The van der Waals surface area contributed by atoms with E-state index in [1.807, 2.05) is 18.2 Å². The lowest BCUT2D eigenvalue weighted by Crippen LogP contribution is -2.36. The number of aromatic nitrogens is 1. The number of benzene rings is 1. The summed E-state index contributed by atoms with van der Waals surface area (Å²) >= 11 is 7.71. The average Bonchev–Trinajstić information content (AvgIpc) is 3.01. The molecule has 132 valence electrons. The van der Waals surface area contributed by atoms with Crippen LogP contribution in [-0.2, 0) is 0 Å². The van der Waals surface area contributed by atoms with Crippen molar-refractivity contribution in [1.82, 2.24) is 10.0 Å². The Bertz CT molecular complexity index is 809. The molecule has 4 rings (SSSR count).